The van der Waals surface area contributed by atoms with Crippen LogP contribution in [0.25, 0.3) is 0 Å². The molecule has 7 rings (SSSR count). The van der Waals surface area contributed by atoms with Crippen LogP contribution in [-0.4, -0.2) is 86.1 Å². The third-order valence-corrected chi connectivity index (χ3v) is 13.0. The van der Waals surface area contributed by atoms with Gasteiger partial charge in [0, 0.05) is 48.4 Å². The number of aliphatic imine (C=N–C) groups is 1. The van der Waals surface area contributed by atoms with Crippen LogP contribution in [-0.2, 0) is 25.5 Å². The van der Waals surface area contributed by atoms with Gasteiger partial charge in [0.05, 0.1) is 36.1 Å². The Labute approximate surface area is 264 Å². The average molecular weight is 625 g/mol. The molecule has 0 radical (unpaired) electrons. The topological polar surface area (TPSA) is 151 Å². The van der Waals surface area contributed by atoms with E-state index in [1.165, 1.54) is 0 Å². The molecule has 5 fully saturated rings. The Bertz CT molecular complexity index is 1330. The largest absolute Gasteiger partial charge is 0.458 e. The molecule has 0 amide bonds. The highest BCUT2D eigenvalue weighted by molar-refractivity contribution is 5.85. The summed E-state index contributed by atoms with van der Waals surface area (Å²) in [6.07, 6.45) is 10.2. The number of fused-ring (bicyclic) bond motifs is 5. The molecule has 45 heavy (non-hydrogen) atoms. The first-order chi connectivity index (χ1) is 21.5. The van der Waals surface area contributed by atoms with Crippen LogP contribution in [0, 0.1) is 28.6 Å². The first kappa shape index (κ1) is 31.4. The van der Waals surface area contributed by atoms with Gasteiger partial charge in [-0.3, -0.25) is 9.98 Å². The number of rotatable bonds is 6. The Morgan fingerprint density at radius 2 is 1.84 bits per heavy atom. The van der Waals surface area contributed by atoms with Gasteiger partial charge in [-0.1, -0.05) is 6.92 Å². The number of cyclic esters (lactones) is 1. The molecule has 0 aromatic carbocycles. The Morgan fingerprint density at radius 1 is 1.07 bits per heavy atom. The summed E-state index contributed by atoms with van der Waals surface area (Å²) in [5, 5.41) is 45.9. The molecule has 6 aliphatic rings. The van der Waals surface area contributed by atoms with Crippen molar-refractivity contribution in [2.24, 2.45) is 33.6 Å². The molecule has 1 aromatic heterocycles. The number of carbonyl (C=O) groups is 1. The predicted molar refractivity (Wildman–Crippen MR) is 164 cm³/mol. The minimum atomic E-state index is -1.09. The van der Waals surface area contributed by atoms with E-state index in [0.717, 1.165) is 30.4 Å². The van der Waals surface area contributed by atoms with Gasteiger partial charge >= 0.3 is 5.97 Å². The molecule has 4 saturated carbocycles. The highest BCUT2D eigenvalue weighted by atomic mass is 16.7. The predicted octanol–water partition coefficient (Wildman–Crippen LogP) is 3.25. The lowest BCUT2D eigenvalue weighted by Crippen LogP contribution is -2.69. The van der Waals surface area contributed by atoms with E-state index in [9.17, 15) is 25.2 Å². The second-order valence-electron chi connectivity index (χ2n) is 15.0. The molecule has 12 atom stereocenters. The van der Waals surface area contributed by atoms with Crippen LogP contribution >= 0.6 is 0 Å². The van der Waals surface area contributed by atoms with Crippen molar-refractivity contribution in [1.29, 1.82) is 0 Å². The summed E-state index contributed by atoms with van der Waals surface area (Å²) in [7, 11) is 0. The SMILES string of the molecule is CC1OC(O[C@H]2CC[C@]3(C=NCc4ccncc4)[C@H]4CC[C@]5(C)[C@@H](C6=CC(=O)OC6)CC[C@]5(O)[C@@H]4CC[C@]3(O)C2)CC(O)C1O. The van der Waals surface area contributed by atoms with Crippen LogP contribution in [0.4, 0.5) is 0 Å². The number of nitrogens with zero attached hydrogens (tertiary/aromatic N) is 2. The number of pyridine rings is 1. The van der Waals surface area contributed by atoms with Gasteiger partial charge in [-0.2, -0.15) is 0 Å². The number of esters is 1. The van der Waals surface area contributed by atoms with Crippen molar-refractivity contribution in [2.75, 3.05) is 6.61 Å². The summed E-state index contributed by atoms with van der Waals surface area (Å²) in [6.45, 7) is 4.73. The zero-order chi connectivity index (χ0) is 31.6. The number of hydrogen-bond donors (Lipinski definition) is 4. The molecule has 1 aromatic rings. The summed E-state index contributed by atoms with van der Waals surface area (Å²) in [5.74, 6) is -0.164. The molecule has 0 spiro atoms. The molecule has 4 unspecified atom stereocenters. The Balaban J connectivity index is 1.17. The van der Waals surface area contributed by atoms with Crippen LogP contribution in [0.5, 0.6) is 0 Å². The molecule has 2 aliphatic heterocycles. The minimum Gasteiger partial charge on any atom is -0.458 e. The lowest BCUT2D eigenvalue weighted by atomic mass is 9.41. The first-order valence-electron chi connectivity index (χ1n) is 16.9. The van der Waals surface area contributed by atoms with Crippen molar-refractivity contribution < 1.29 is 39.4 Å². The normalized spacial score (nSPS) is 48.0. The maximum Gasteiger partial charge on any atom is 0.331 e. The summed E-state index contributed by atoms with van der Waals surface area (Å²) < 4.78 is 17.5. The van der Waals surface area contributed by atoms with Gasteiger partial charge in [-0.15, -0.1) is 0 Å². The zero-order valence-corrected chi connectivity index (χ0v) is 26.4. The molecule has 3 heterocycles. The molecule has 0 bridgehead atoms. The van der Waals surface area contributed by atoms with Gasteiger partial charge < -0.3 is 34.6 Å². The molecular formula is C35H48N2O8. The monoisotopic (exact) mass is 624 g/mol. The second-order valence-corrected chi connectivity index (χ2v) is 15.0. The molecule has 246 valence electrons. The van der Waals surface area contributed by atoms with Crippen LogP contribution < -0.4 is 0 Å². The van der Waals surface area contributed by atoms with E-state index in [1.54, 1.807) is 25.4 Å². The minimum absolute atomic E-state index is 0.0100. The van der Waals surface area contributed by atoms with Crippen LogP contribution in [0.15, 0.2) is 41.2 Å². The number of aliphatic hydroxyl groups excluding tert-OH is 2. The smallest absolute Gasteiger partial charge is 0.331 e. The fraction of sp³-hybridized carbons (Fsp3) is 0.743. The standard InChI is InChI=1S/C35H48N2O8/c1-21-31(40)28(38)16-30(44-21)45-24-3-10-33(20-37-18-22-7-13-36-14-8-22)26-4-9-32(2)25(23-15-29(39)43-19-23)6-12-35(32,42)27(26)5-11-34(33,41)17-24/h7-8,13-15,20-21,24-28,30-31,38,40-42H,3-6,9-12,16-19H2,1-2H3/t21?,24-,25+,26-,27+,28?,30?,31?,32+,33-,34-,35-/m0/s1. The lowest BCUT2D eigenvalue weighted by molar-refractivity contribution is -0.282. The zero-order valence-electron chi connectivity index (χ0n) is 26.4. The summed E-state index contributed by atoms with van der Waals surface area (Å²) >= 11 is 0. The Kier molecular flexibility index (Phi) is 8.02. The maximum absolute atomic E-state index is 12.7. The highest BCUT2D eigenvalue weighted by Crippen LogP contribution is 2.70. The number of aliphatic hydroxyl groups is 4. The van der Waals surface area contributed by atoms with Crippen molar-refractivity contribution in [2.45, 2.75) is 127 Å². The maximum atomic E-state index is 12.7. The third-order valence-electron chi connectivity index (χ3n) is 13.0. The van der Waals surface area contributed by atoms with Crippen molar-refractivity contribution in [3.8, 4) is 0 Å². The van der Waals surface area contributed by atoms with Gasteiger partial charge in [-0.25, -0.2) is 4.79 Å². The van der Waals surface area contributed by atoms with E-state index in [4.69, 9.17) is 19.2 Å². The quantitative estimate of drug-likeness (QED) is 0.212. The van der Waals surface area contributed by atoms with E-state index in [0.29, 0.717) is 51.7 Å². The van der Waals surface area contributed by atoms with Crippen molar-refractivity contribution >= 4 is 12.2 Å². The fourth-order valence-corrected chi connectivity index (χ4v) is 10.6. The molecular weight excluding hydrogens is 576 g/mol. The van der Waals surface area contributed by atoms with Crippen LogP contribution in [0.3, 0.4) is 0 Å². The summed E-state index contributed by atoms with van der Waals surface area (Å²) in [4.78, 5) is 21.1. The second kappa shape index (κ2) is 11.5. The number of carbonyl (C=O) groups excluding carboxylic acids is 1. The Morgan fingerprint density at radius 3 is 2.58 bits per heavy atom. The van der Waals surface area contributed by atoms with E-state index < -0.39 is 41.2 Å². The summed E-state index contributed by atoms with van der Waals surface area (Å²) in [5.41, 5.74) is -0.971. The molecule has 4 N–H and O–H groups in total. The van der Waals surface area contributed by atoms with Gasteiger partial charge in [0.1, 0.15) is 12.7 Å². The molecule has 4 aliphatic carbocycles. The van der Waals surface area contributed by atoms with Crippen molar-refractivity contribution in [1.82, 2.24) is 4.98 Å². The molecule has 1 saturated heterocycles. The molecule has 10 heteroatoms. The van der Waals surface area contributed by atoms with E-state index >= 15 is 0 Å². The van der Waals surface area contributed by atoms with Crippen molar-refractivity contribution in [3.05, 3.63) is 41.7 Å². The van der Waals surface area contributed by atoms with E-state index in [2.05, 4.69) is 11.9 Å². The van der Waals surface area contributed by atoms with Gasteiger partial charge in [0.15, 0.2) is 6.29 Å². The number of ether oxygens (including phenoxy) is 3. The Hall–Kier alpha value is -2.21. The first-order valence-corrected chi connectivity index (χ1v) is 16.9. The highest BCUT2D eigenvalue weighted by Gasteiger charge is 2.71. The van der Waals surface area contributed by atoms with Crippen LogP contribution in [0.1, 0.15) is 83.6 Å². The van der Waals surface area contributed by atoms with Gasteiger partial charge in [0.2, 0.25) is 0 Å². The fourth-order valence-electron chi connectivity index (χ4n) is 10.6. The average Bonchev–Trinajstić information content (AvgIpc) is 3.56. The van der Waals surface area contributed by atoms with E-state index in [1.807, 2.05) is 18.3 Å². The van der Waals surface area contributed by atoms with Crippen LogP contribution in [0.2, 0.25) is 0 Å². The third kappa shape index (κ3) is 5.02. The van der Waals surface area contributed by atoms with Crippen molar-refractivity contribution in [3.63, 3.8) is 0 Å². The van der Waals surface area contributed by atoms with Gasteiger partial charge in [0.25, 0.3) is 0 Å². The summed E-state index contributed by atoms with van der Waals surface area (Å²) in [6, 6.07) is 3.90. The van der Waals surface area contributed by atoms with E-state index in [-0.39, 0.29) is 41.7 Å². The lowest BCUT2D eigenvalue weighted by Gasteiger charge is -2.66. The number of hydrogen-bond acceptors (Lipinski definition) is 10. The number of aromatic nitrogens is 1. The molecule has 10 nitrogen and oxygen atoms in total. The van der Waals surface area contributed by atoms with Gasteiger partial charge in [-0.05, 0) is 99.3 Å².